The van der Waals surface area contributed by atoms with Crippen molar-refractivity contribution in [2.45, 2.75) is 32.2 Å². The Labute approximate surface area is 130 Å². The zero-order chi connectivity index (χ0) is 15.6. The Morgan fingerprint density at radius 3 is 2.29 bits per heavy atom. The summed E-state index contributed by atoms with van der Waals surface area (Å²) >= 11 is 1.46. The van der Waals surface area contributed by atoms with Gasteiger partial charge in [0.05, 0.1) is 0 Å². The second-order valence-electron chi connectivity index (χ2n) is 5.18. The maximum Gasteiger partial charge on any atom is 0.263 e. The fraction of sp³-hybridized carbons (Fsp3) is 0.333. The zero-order valence-corrected chi connectivity index (χ0v) is 14.3. The third kappa shape index (κ3) is 3.64. The zero-order valence-electron chi connectivity index (χ0n) is 12.6. The van der Waals surface area contributed by atoms with Crippen molar-refractivity contribution in [3.8, 4) is 0 Å². The summed E-state index contributed by atoms with van der Waals surface area (Å²) in [7, 11) is -1.76. The third-order valence-corrected chi connectivity index (χ3v) is 5.91. The molecule has 0 aliphatic carbocycles. The van der Waals surface area contributed by atoms with Crippen LogP contribution in [0.2, 0.25) is 0 Å². The molecular weight excluding hydrogens is 304 g/mol. The van der Waals surface area contributed by atoms with Gasteiger partial charge < -0.3 is 5.32 Å². The largest absolute Gasteiger partial charge is 0.315 e. The Balaban J connectivity index is 2.41. The third-order valence-electron chi connectivity index (χ3n) is 3.07. The first-order chi connectivity index (χ1) is 9.83. The van der Waals surface area contributed by atoms with Gasteiger partial charge in [-0.15, -0.1) is 11.3 Å². The first-order valence-electron chi connectivity index (χ1n) is 6.66. The highest BCUT2D eigenvalue weighted by atomic mass is 32.2. The molecule has 4 nitrogen and oxygen atoms in total. The van der Waals surface area contributed by atoms with E-state index in [1.807, 2.05) is 51.4 Å². The minimum Gasteiger partial charge on any atom is -0.315 e. The van der Waals surface area contributed by atoms with Crippen LogP contribution in [0.4, 0.5) is 5.69 Å². The highest BCUT2D eigenvalue weighted by molar-refractivity contribution is 7.93. The molecule has 2 rings (SSSR count). The molecule has 0 aliphatic heterocycles. The maximum absolute atomic E-state index is 12.7. The smallest absolute Gasteiger partial charge is 0.263 e. The number of anilines is 1. The van der Waals surface area contributed by atoms with Gasteiger partial charge in [0, 0.05) is 17.1 Å². The average molecular weight is 324 g/mol. The molecule has 0 saturated carbocycles. The van der Waals surface area contributed by atoms with Gasteiger partial charge in [0.15, 0.2) is 0 Å². The Bertz CT molecular complexity index is 729. The second kappa shape index (κ2) is 6.17. The molecule has 2 aromatic rings. The van der Waals surface area contributed by atoms with E-state index in [2.05, 4.69) is 10.0 Å². The van der Waals surface area contributed by atoms with Gasteiger partial charge in [-0.25, -0.2) is 8.42 Å². The van der Waals surface area contributed by atoms with Crippen LogP contribution in [0.25, 0.3) is 0 Å². The Kier molecular flexibility index (Phi) is 4.70. The van der Waals surface area contributed by atoms with Gasteiger partial charge in [0.1, 0.15) is 4.90 Å². The minimum absolute atomic E-state index is 0.390. The normalized spacial score (nSPS) is 11.6. The average Bonchev–Trinajstić information content (AvgIpc) is 2.69. The molecule has 0 saturated heterocycles. The van der Waals surface area contributed by atoms with Crippen molar-refractivity contribution >= 4 is 27.0 Å². The maximum atomic E-state index is 12.7. The molecule has 0 atom stereocenters. The number of thiophene rings is 1. The molecule has 21 heavy (non-hydrogen) atoms. The molecular formula is C15H20N2O2S2. The van der Waals surface area contributed by atoms with Crippen LogP contribution in [-0.4, -0.2) is 15.5 Å². The van der Waals surface area contributed by atoms with Crippen molar-refractivity contribution < 1.29 is 8.42 Å². The van der Waals surface area contributed by atoms with Crippen LogP contribution < -0.4 is 10.0 Å². The number of aryl methyl sites for hydroxylation is 3. The van der Waals surface area contributed by atoms with E-state index in [1.54, 1.807) is 0 Å². The van der Waals surface area contributed by atoms with Crippen molar-refractivity contribution in [1.29, 1.82) is 0 Å². The van der Waals surface area contributed by atoms with Gasteiger partial charge in [-0.2, -0.15) is 0 Å². The van der Waals surface area contributed by atoms with Crippen LogP contribution in [0.5, 0.6) is 0 Å². The lowest BCUT2D eigenvalue weighted by Gasteiger charge is -2.11. The van der Waals surface area contributed by atoms with E-state index >= 15 is 0 Å². The van der Waals surface area contributed by atoms with Crippen molar-refractivity contribution in [1.82, 2.24) is 5.32 Å². The number of sulfonamides is 1. The molecule has 114 valence electrons. The van der Waals surface area contributed by atoms with E-state index < -0.39 is 10.0 Å². The molecule has 0 fully saturated rings. The topological polar surface area (TPSA) is 58.2 Å². The number of hydrogen-bond donors (Lipinski definition) is 2. The predicted molar refractivity (Wildman–Crippen MR) is 88.5 cm³/mol. The van der Waals surface area contributed by atoms with E-state index in [-0.39, 0.29) is 0 Å². The van der Waals surface area contributed by atoms with Crippen LogP contribution in [0.1, 0.15) is 21.6 Å². The number of rotatable bonds is 5. The SMILES string of the molecule is CNCc1scc(C)c1S(=O)(=O)Nc1cc(C)cc(C)c1. The van der Waals surface area contributed by atoms with Crippen LogP contribution in [-0.2, 0) is 16.6 Å². The summed E-state index contributed by atoms with van der Waals surface area (Å²) in [6, 6.07) is 5.69. The predicted octanol–water partition coefficient (Wildman–Crippen LogP) is 3.19. The quantitative estimate of drug-likeness (QED) is 0.888. The van der Waals surface area contributed by atoms with E-state index in [1.165, 1.54) is 11.3 Å². The molecule has 0 amide bonds. The van der Waals surface area contributed by atoms with Crippen molar-refractivity contribution in [2.75, 3.05) is 11.8 Å². The molecule has 0 bridgehead atoms. The van der Waals surface area contributed by atoms with Gasteiger partial charge >= 0.3 is 0 Å². The van der Waals surface area contributed by atoms with Crippen molar-refractivity contribution in [2.24, 2.45) is 0 Å². The minimum atomic E-state index is -3.57. The number of nitrogens with one attached hydrogen (secondary N) is 2. The monoisotopic (exact) mass is 324 g/mol. The van der Waals surface area contributed by atoms with Crippen LogP contribution in [0.3, 0.4) is 0 Å². The summed E-state index contributed by atoms with van der Waals surface area (Å²) in [5, 5.41) is 4.89. The summed E-state index contributed by atoms with van der Waals surface area (Å²) < 4.78 is 28.0. The van der Waals surface area contributed by atoms with Gasteiger partial charge in [-0.3, -0.25) is 4.72 Å². The summed E-state index contributed by atoms with van der Waals surface area (Å²) in [6.45, 7) is 6.27. The summed E-state index contributed by atoms with van der Waals surface area (Å²) in [6.07, 6.45) is 0. The molecule has 0 spiro atoms. The Hall–Kier alpha value is -1.37. The Morgan fingerprint density at radius 2 is 1.71 bits per heavy atom. The lowest BCUT2D eigenvalue weighted by Crippen LogP contribution is -2.16. The molecule has 6 heteroatoms. The van der Waals surface area contributed by atoms with E-state index in [9.17, 15) is 8.42 Å². The first kappa shape index (κ1) is 16.0. The molecule has 1 aromatic carbocycles. The first-order valence-corrected chi connectivity index (χ1v) is 9.02. The summed E-state index contributed by atoms with van der Waals surface area (Å²) in [5.41, 5.74) is 3.45. The molecule has 0 radical (unpaired) electrons. The van der Waals surface area contributed by atoms with Crippen LogP contribution in [0.15, 0.2) is 28.5 Å². The highest BCUT2D eigenvalue weighted by Crippen LogP contribution is 2.29. The number of hydrogen-bond acceptors (Lipinski definition) is 4. The molecule has 1 aromatic heterocycles. The molecule has 1 heterocycles. The number of benzene rings is 1. The van der Waals surface area contributed by atoms with Gasteiger partial charge in [-0.1, -0.05) is 6.07 Å². The highest BCUT2D eigenvalue weighted by Gasteiger charge is 2.22. The summed E-state index contributed by atoms with van der Waals surface area (Å²) in [5.74, 6) is 0. The van der Waals surface area contributed by atoms with E-state index in [0.717, 1.165) is 21.6 Å². The van der Waals surface area contributed by atoms with E-state index in [0.29, 0.717) is 17.1 Å². The fourth-order valence-corrected chi connectivity index (χ4v) is 5.24. The second-order valence-corrected chi connectivity index (χ2v) is 7.77. The molecule has 0 unspecified atom stereocenters. The molecule has 2 N–H and O–H groups in total. The standard InChI is InChI=1S/C15H20N2O2S2/c1-10-5-11(2)7-13(6-10)17-21(18,19)15-12(3)9-20-14(15)8-16-4/h5-7,9,16-17H,8H2,1-4H3. The van der Waals surface area contributed by atoms with Crippen molar-refractivity contribution in [3.63, 3.8) is 0 Å². The summed E-state index contributed by atoms with van der Waals surface area (Å²) in [4.78, 5) is 1.22. The Morgan fingerprint density at radius 1 is 1.10 bits per heavy atom. The van der Waals surface area contributed by atoms with E-state index in [4.69, 9.17) is 0 Å². The van der Waals surface area contributed by atoms with Gasteiger partial charge in [-0.05, 0) is 62.0 Å². The van der Waals surface area contributed by atoms with Crippen molar-refractivity contribution in [3.05, 3.63) is 45.1 Å². The van der Waals surface area contributed by atoms with Gasteiger partial charge in [0.2, 0.25) is 0 Å². The molecule has 0 aliphatic rings. The lowest BCUT2D eigenvalue weighted by atomic mass is 10.1. The lowest BCUT2D eigenvalue weighted by molar-refractivity contribution is 0.599. The van der Waals surface area contributed by atoms with Crippen LogP contribution >= 0.6 is 11.3 Å². The van der Waals surface area contributed by atoms with Gasteiger partial charge in [0.25, 0.3) is 10.0 Å². The van der Waals surface area contributed by atoms with Crippen LogP contribution in [0, 0.1) is 20.8 Å². The fourth-order valence-electron chi connectivity index (χ4n) is 2.37.